The van der Waals surface area contributed by atoms with Crippen LogP contribution in [-0.4, -0.2) is 6.54 Å². The highest BCUT2D eigenvalue weighted by Crippen LogP contribution is 2.35. The van der Waals surface area contributed by atoms with Crippen LogP contribution in [-0.2, 0) is 6.18 Å². The lowest BCUT2D eigenvalue weighted by Crippen LogP contribution is -2.24. The van der Waals surface area contributed by atoms with Gasteiger partial charge in [-0.1, -0.05) is 24.6 Å². The molecular formula is C16H19F4N. The molecule has 0 amide bonds. The minimum atomic E-state index is -4.67. The van der Waals surface area contributed by atoms with Crippen LogP contribution < -0.4 is 5.32 Å². The number of rotatable bonds is 4. The van der Waals surface area contributed by atoms with E-state index in [4.69, 9.17) is 0 Å². The lowest BCUT2D eigenvalue weighted by atomic mass is 9.89. The molecule has 0 bridgehead atoms. The maximum Gasteiger partial charge on any atom is 0.419 e. The molecule has 0 spiro atoms. The molecular weight excluding hydrogens is 282 g/mol. The lowest BCUT2D eigenvalue weighted by molar-refractivity contribution is -0.140. The Bertz CT molecular complexity index is 519. The number of alkyl halides is 3. The zero-order valence-corrected chi connectivity index (χ0v) is 11.9. The van der Waals surface area contributed by atoms with E-state index < -0.39 is 17.6 Å². The molecule has 0 heterocycles. The Labute approximate surface area is 122 Å². The van der Waals surface area contributed by atoms with Crippen LogP contribution in [0.5, 0.6) is 0 Å². The highest BCUT2D eigenvalue weighted by atomic mass is 19.4. The normalized spacial score (nSPS) is 17.5. The molecule has 116 valence electrons. The summed E-state index contributed by atoms with van der Waals surface area (Å²) in [5, 5.41) is 3.21. The van der Waals surface area contributed by atoms with Crippen LogP contribution in [0.25, 0.3) is 0 Å². The maximum absolute atomic E-state index is 13.4. The van der Waals surface area contributed by atoms with Crippen LogP contribution in [0.2, 0.25) is 0 Å². The molecule has 0 fully saturated rings. The Balaban J connectivity index is 2.38. The third-order valence-electron chi connectivity index (χ3n) is 3.73. The maximum atomic E-state index is 13.4. The molecule has 1 aromatic rings. The van der Waals surface area contributed by atoms with Gasteiger partial charge in [-0.25, -0.2) is 4.39 Å². The Hall–Kier alpha value is -1.36. The molecule has 1 N–H and O–H groups in total. The van der Waals surface area contributed by atoms with Gasteiger partial charge in [0, 0.05) is 0 Å². The number of hydrogen-bond donors (Lipinski definition) is 1. The summed E-state index contributed by atoms with van der Waals surface area (Å²) in [4.78, 5) is 0. The van der Waals surface area contributed by atoms with Crippen molar-refractivity contribution in [2.75, 3.05) is 6.54 Å². The number of hydrogen-bond acceptors (Lipinski definition) is 1. The SMILES string of the molecule is CCNC(C1=CCCCC1)c1ccc(F)c(C(F)(F)F)c1. The summed E-state index contributed by atoms with van der Waals surface area (Å²) in [6.07, 6.45) is 1.40. The Morgan fingerprint density at radius 3 is 2.57 bits per heavy atom. The van der Waals surface area contributed by atoms with Gasteiger partial charge in [-0.3, -0.25) is 0 Å². The van der Waals surface area contributed by atoms with Crippen LogP contribution in [0, 0.1) is 5.82 Å². The van der Waals surface area contributed by atoms with Crippen molar-refractivity contribution in [3.8, 4) is 0 Å². The van der Waals surface area contributed by atoms with Crippen molar-refractivity contribution in [2.24, 2.45) is 0 Å². The number of likely N-dealkylation sites (N-methyl/N-ethyl adjacent to an activating group) is 1. The van der Waals surface area contributed by atoms with Crippen molar-refractivity contribution in [2.45, 2.75) is 44.8 Å². The third-order valence-corrected chi connectivity index (χ3v) is 3.73. The average Bonchev–Trinajstić information content (AvgIpc) is 2.45. The summed E-state index contributed by atoms with van der Waals surface area (Å²) >= 11 is 0. The summed E-state index contributed by atoms with van der Waals surface area (Å²) in [7, 11) is 0. The summed E-state index contributed by atoms with van der Waals surface area (Å²) < 4.78 is 51.9. The molecule has 0 saturated heterocycles. The number of benzene rings is 1. The quantitative estimate of drug-likeness (QED) is 0.610. The predicted octanol–water partition coefficient (Wildman–Crippen LogP) is 5.00. The smallest absolute Gasteiger partial charge is 0.307 e. The first-order valence-corrected chi connectivity index (χ1v) is 7.22. The van der Waals surface area contributed by atoms with Crippen LogP contribution in [0.15, 0.2) is 29.8 Å². The van der Waals surface area contributed by atoms with Gasteiger partial charge < -0.3 is 5.32 Å². The summed E-state index contributed by atoms with van der Waals surface area (Å²) in [6, 6.07) is 3.01. The number of allylic oxidation sites excluding steroid dienone is 1. The van der Waals surface area contributed by atoms with E-state index in [2.05, 4.69) is 11.4 Å². The van der Waals surface area contributed by atoms with Crippen molar-refractivity contribution < 1.29 is 17.6 Å². The van der Waals surface area contributed by atoms with Crippen LogP contribution in [0.1, 0.15) is 49.8 Å². The van der Waals surface area contributed by atoms with Crippen LogP contribution >= 0.6 is 0 Å². The van der Waals surface area contributed by atoms with Crippen molar-refractivity contribution in [3.05, 3.63) is 46.8 Å². The third kappa shape index (κ3) is 3.84. The number of nitrogens with one attached hydrogen (secondary N) is 1. The topological polar surface area (TPSA) is 12.0 Å². The molecule has 1 unspecified atom stereocenters. The molecule has 0 aliphatic heterocycles. The number of halogens is 4. The van der Waals surface area contributed by atoms with Crippen molar-refractivity contribution >= 4 is 0 Å². The zero-order valence-electron chi connectivity index (χ0n) is 11.9. The molecule has 0 aromatic heterocycles. The van der Waals surface area contributed by atoms with E-state index in [0.29, 0.717) is 12.1 Å². The minimum Gasteiger partial charge on any atom is -0.307 e. The van der Waals surface area contributed by atoms with E-state index >= 15 is 0 Å². The Kier molecular flexibility index (Phi) is 5.04. The first-order chi connectivity index (χ1) is 9.93. The first-order valence-electron chi connectivity index (χ1n) is 7.22. The molecule has 1 nitrogen and oxygen atoms in total. The van der Waals surface area contributed by atoms with E-state index in [1.807, 2.05) is 6.92 Å². The molecule has 1 atom stereocenters. The Morgan fingerprint density at radius 2 is 2.00 bits per heavy atom. The highest BCUT2D eigenvalue weighted by Gasteiger charge is 2.35. The van der Waals surface area contributed by atoms with Gasteiger partial charge in [0.2, 0.25) is 0 Å². The lowest BCUT2D eigenvalue weighted by Gasteiger charge is -2.25. The van der Waals surface area contributed by atoms with E-state index in [1.165, 1.54) is 6.07 Å². The van der Waals surface area contributed by atoms with E-state index in [-0.39, 0.29) is 6.04 Å². The summed E-state index contributed by atoms with van der Waals surface area (Å²) in [5.74, 6) is -1.22. The van der Waals surface area contributed by atoms with Crippen LogP contribution in [0.4, 0.5) is 17.6 Å². The molecule has 0 saturated carbocycles. The second-order valence-corrected chi connectivity index (χ2v) is 5.25. The highest BCUT2D eigenvalue weighted by molar-refractivity contribution is 5.34. The van der Waals surface area contributed by atoms with Crippen LogP contribution in [0.3, 0.4) is 0 Å². The van der Waals surface area contributed by atoms with Gasteiger partial charge in [0.15, 0.2) is 0 Å². The fraction of sp³-hybridized carbons (Fsp3) is 0.500. The van der Waals surface area contributed by atoms with Gasteiger partial charge in [0.25, 0.3) is 0 Å². The monoisotopic (exact) mass is 301 g/mol. The Morgan fingerprint density at radius 1 is 1.24 bits per heavy atom. The predicted molar refractivity (Wildman–Crippen MR) is 74.4 cm³/mol. The zero-order chi connectivity index (χ0) is 15.5. The van der Waals surface area contributed by atoms with E-state index in [9.17, 15) is 17.6 Å². The molecule has 0 radical (unpaired) electrons. The van der Waals surface area contributed by atoms with Gasteiger partial charge >= 0.3 is 6.18 Å². The average molecular weight is 301 g/mol. The largest absolute Gasteiger partial charge is 0.419 e. The second kappa shape index (κ2) is 6.60. The second-order valence-electron chi connectivity index (χ2n) is 5.25. The fourth-order valence-electron chi connectivity index (χ4n) is 2.73. The minimum absolute atomic E-state index is 0.267. The first kappa shape index (κ1) is 16.0. The standard InChI is InChI=1S/C16H19F4N/c1-2-21-15(11-6-4-3-5-7-11)12-8-9-14(17)13(10-12)16(18,19)20/h6,8-10,15,21H,2-5,7H2,1H3. The van der Waals surface area contributed by atoms with Gasteiger partial charge in [0.1, 0.15) is 5.82 Å². The molecule has 5 heteroatoms. The summed E-state index contributed by atoms with van der Waals surface area (Å²) in [5.41, 5.74) is 0.376. The van der Waals surface area contributed by atoms with E-state index in [1.54, 1.807) is 0 Å². The van der Waals surface area contributed by atoms with Crippen molar-refractivity contribution in [1.29, 1.82) is 0 Å². The van der Waals surface area contributed by atoms with Gasteiger partial charge in [0.05, 0.1) is 11.6 Å². The van der Waals surface area contributed by atoms with E-state index in [0.717, 1.165) is 43.4 Å². The van der Waals surface area contributed by atoms with Crippen molar-refractivity contribution in [3.63, 3.8) is 0 Å². The molecule has 21 heavy (non-hydrogen) atoms. The van der Waals surface area contributed by atoms with Gasteiger partial charge in [-0.15, -0.1) is 0 Å². The van der Waals surface area contributed by atoms with Crippen molar-refractivity contribution in [1.82, 2.24) is 5.32 Å². The molecule has 1 aromatic carbocycles. The molecule has 2 rings (SSSR count). The van der Waals surface area contributed by atoms with Gasteiger partial charge in [-0.2, -0.15) is 13.2 Å². The molecule has 1 aliphatic carbocycles. The fourth-order valence-corrected chi connectivity index (χ4v) is 2.73. The summed E-state index contributed by atoms with van der Waals surface area (Å²) in [6.45, 7) is 2.55. The van der Waals surface area contributed by atoms with Gasteiger partial charge in [-0.05, 0) is 49.9 Å². The molecule has 1 aliphatic rings.